The third kappa shape index (κ3) is 12.0. The summed E-state index contributed by atoms with van der Waals surface area (Å²) in [7, 11) is 0. The van der Waals surface area contributed by atoms with Crippen molar-refractivity contribution in [3.05, 3.63) is 63.0 Å². The highest BCUT2D eigenvalue weighted by Gasteiger charge is 2.17. The van der Waals surface area contributed by atoms with Gasteiger partial charge in [0.2, 0.25) is 0 Å². The van der Waals surface area contributed by atoms with E-state index in [4.69, 9.17) is 14.2 Å². The first-order valence-corrected chi connectivity index (χ1v) is 12.2. The van der Waals surface area contributed by atoms with Gasteiger partial charge in [0, 0.05) is 15.5 Å². The van der Waals surface area contributed by atoms with Gasteiger partial charge in [0.1, 0.15) is 24.6 Å². The Morgan fingerprint density at radius 2 is 1.67 bits per heavy atom. The van der Waals surface area contributed by atoms with Gasteiger partial charge in [-0.15, -0.1) is 0 Å². The number of halogens is 2. The zero-order chi connectivity index (χ0) is 24.3. The van der Waals surface area contributed by atoms with E-state index in [2.05, 4.69) is 42.5 Å². The van der Waals surface area contributed by atoms with E-state index in [1.54, 1.807) is 0 Å². The lowest BCUT2D eigenvalue weighted by atomic mass is 10.1. The number of carbonyl (C=O) groups excluding carboxylic acids is 2. The van der Waals surface area contributed by atoms with Crippen LogP contribution in [-0.2, 0) is 16.1 Å². The molecule has 7 nitrogen and oxygen atoms in total. The van der Waals surface area contributed by atoms with Crippen molar-refractivity contribution < 1.29 is 23.8 Å². The fourth-order valence-corrected chi connectivity index (χ4v) is 4.04. The highest BCUT2D eigenvalue weighted by Crippen LogP contribution is 2.25. The summed E-state index contributed by atoms with van der Waals surface area (Å²) in [4.78, 5) is 24.2. The third-order valence-corrected chi connectivity index (χ3v) is 5.14. The van der Waals surface area contributed by atoms with Gasteiger partial charge in [-0.2, -0.15) is 0 Å². The summed E-state index contributed by atoms with van der Waals surface area (Å²) in [5, 5.41) is 5.58. The van der Waals surface area contributed by atoms with Crippen LogP contribution in [-0.4, -0.2) is 37.0 Å². The standard InChI is InChI=1S/C24H30Br2N2O5/c1-24(2,3)33-22(29)27-11-7-10-20(16-31-21-13-18(25)12-19(26)14-21)28-23(30)32-15-17-8-5-4-6-9-17/h4-6,8-9,12-14,20H,7,10-11,15-16H2,1-3H3,(H,27,29)(H,28,30)/t20-/m1/s1. The molecule has 0 radical (unpaired) electrons. The summed E-state index contributed by atoms with van der Waals surface area (Å²) in [5.41, 5.74) is 0.351. The summed E-state index contributed by atoms with van der Waals surface area (Å²) < 4.78 is 18.2. The number of nitrogens with one attached hydrogen (secondary N) is 2. The van der Waals surface area contributed by atoms with Crippen molar-refractivity contribution >= 4 is 44.0 Å². The van der Waals surface area contributed by atoms with E-state index in [0.717, 1.165) is 14.5 Å². The van der Waals surface area contributed by atoms with Gasteiger partial charge in [-0.05, 0) is 57.4 Å². The van der Waals surface area contributed by atoms with Gasteiger partial charge in [-0.1, -0.05) is 62.2 Å². The van der Waals surface area contributed by atoms with Crippen LogP contribution in [0.25, 0.3) is 0 Å². The van der Waals surface area contributed by atoms with E-state index in [0.29, 0.717) is 25.1 Å². The van der Waals surface area contributed by atoms with Crippen molar-refractivity contribution in [2.45, 2.75) is 51.9 Å². The summed E-state index contributed by atoms with van der Waals surface area (Å²) in [6, 6.07) is 14.8. The Morgan fingerprint density at radius 3 is 2.30 bits per heavy atom. The lowest BCUT2D eigenvalue weighted by Gasteiger charge is -2.21. The van der Waals surface area contributed by atoms with E-state index in [1.807, 2.05) is 69.3 Å². The molecule has 0 aromatic heterocycles. The maximum atomic E-state index is 12.4. The summed E-state index contributed by atoms with van der Waals surface area (Å²) >= 11 is 6.87. The largest absolute Gasteiger partial charge is 0.491 e. The lowest BCUT2D eigenvalue weighted by Crippen LogP contribution is -2.40. The molecule has 2 rings (SSSR count). The minimum absolute atomic E-state index is 0.180. The molecule has 0 saturated carbocycles. The van der Waals surface area contributed by atoms with Crippen LogP contribution in [0.1, 0.15) is 39.2 Å². The molecule has 2 aromatic rings. The van der Waals surface area contributed by atoms with Gasteiger partial charge < -0.3 is 24.8 Å². The van der Waals surface area contributed by atoms with Crippen molar-refractivity contribution in [2.24, 2.45) is 0 Å². The first kappa shape index (κ1) is 27.0. The number of carbonyl (C=O) groups is 2. The Morgan fingerprint density at radius 1 is 1.00 bits per heavy atom. The molecule has 180 valence electrons. The minimum Gasteiger partial charge on any atom is -0.491 e. The fraction of sp³-hybridized carbons (Fsp3) is 0.417. The molecule has 0 heterocycles. The number of rotatable bonds is 10. The predicted molar refractivity (Wildman–Crippen MR) is 134 cm³/mol. The molecule has 2 N–H and O–H groups in total. The molecule has 0 aliphatic carbocycles. The first-order chi connectivity index (χ1) is 15.6. The Kier molecular flexibility index (Phi) is 11.0. The summed E-state index contributed by atoms with van der Waals surface area (Å²) in [6.45, 7) is 6.27. The first-order valence-electron chi connectivity index (χ1n) is 10.6. The van der Waals surface area contributed by atoms with Crippen LogP contribution in [0, 0.1) is 0 Å². The van der Waals surface area contributed by atoms with E-state index >= 15 is 0 Å². The van der Waals surface area contributed by atoms with Gasteiger partial charge in [-0.3, -0.25) is 0 Å². The Hall–Kier alpha value is -2.26. The van der Waals surface area contributed by atoms with Gasteiger partial charge in [-0.25, -0.2) is 9.59 Å². The van der Waals surface area contributed by atoms with Crippen LogP contribution in [0.2, 0.25) is 0 Å². The molecule has 9 heteroatoms. The molecular weight excluding hydrogens is 556 g/mol. The third-order valence-electron chi connectivity index (χ3n) is 4.22. The number of alkyl carbamates (subject to hydrolysis) is 2. The summed E-state index contributed by atoms with van der Waals surface area (Å²) in [5.74, 6) is 0.660. The molecule has 2 amide bonds. The molecule has 0 fully saturated rings. The van der Waals surface area contributed by atoms with Gasteiger partial charge in [0.15, 0.2) is 0 Å². The zero-order valence-corrected chi connectivity index (χ0v) is 22.2. The monoisotopic (exact) mass is 584 g/mol. The van der Waals surface area contributed by atoms with Crippen LogP contribution >= 0.6 is 31.9 Å². The molecule has 0 spiro atoms. The summed E-state index contributed by atoms with van der Waals surface area (Å²) in [6.07, 6.45) is 0.201. The molecule has 0 bridgehead atoms. The van der Waals surface area contributed by atoms with Crippen LogP contribution in [0.4, 0.5) is 9.59 Å². The van der Waals surface area contributed by atoms with E-state index in [9.17, 15) is 9.59 Å². The quantitative estimate of drug-likeness (QED) is 0.325. The highest BCUT2D eigenvalue weighted by molar-refractivity contribution is 9.11. The number of ether oxygens (including phenoxy) is 3. The second-order valence-corrected chi connectivity index (χ2v) is 10.2. The molecule has 33 heavy (non-hydrogen) atoms. The fourth-order valence-electron chi connectivity index (χ4n) is 2.79. The van der Waals surface area contributed by atoms with Crippen LogP contribution in [0.15, 0.2) is 57.5 Å². The lowest BCUT2D eigenvalue weighted by molar-refractivity contribution is 0.0526. The van der Waals surface area contributed by atoms with Crippen molar-refractivity contribution in [3.8, 4) is 5.75 Å². The van der Waals surface area contributed by atoms with E-state index in [1.165, 1.54) is 0 Å². The van der Waals surface area contributed by atoms with Crippen LogP contribution in [0.5, 0.6) is 5.75 Å². The second-order valence-electron chi connectivity index (χ2n) is 8.39. The SMILES string of the molecule is CC(C)(C)OC(=O)NCCC[C@H](COc1cc(Br)cc(Br)c1)NC(=O)OCc1ccccc1. The molecule has 0 saturated heterocycles. The van der Waals surface area contributed by atoms with Crippen LogP contribution in [0.3, 0.4) is 0 Å². The molecule has 0 unspecified atom stereocenters. The van der Waals surface area contributed by atoms with Gasteiger partial charge in [0.25, 0.3) is 0 Å². The van der Waals surface area contributed by atoms with Crippen molar-refractivity contribution in [1.82, 2.24) is 10.6 Å². The number of hydrogen-bond acceptors (Lipinski definition) is 5. The van der Waals surface area contributed by atoms with Gasteiger partial charge in [0.05, 0.1) is 6.04 Å². The molecule has 1 atom stereocenters. The maximum absolute atomic E-state index is 12.4. The zero-order valence-electron chi connectivity index (χ0n) is 19.0. The van der Waals surface area contributed by atoms with Crippen LogP contribution < -0.4 is 15.4 Å². The molecule has 0 aliphatic heterocycles. The van der Waals surface area contributed by atoms with Gasteiger partial charge >= 0.3 is 12.2 Å². The Bertz CT molecular complexity index is 883. The smallest absolute Gasteiger partial charge is 0.407 e. The Balaban J connectivity index is 1.87. The maximum Gasteiger partial charge on any atom is 0.407 e. The normalized spacial score (nSPS) is 11.9. The van der Waals surface area contributed by atoms with Crippen molar-refractivity contribution in [2.75, 3.05) is 13.2 Å². The minimum atomic E-state index is -0.553. The number of hydrogen-bond donors (Lipinski definition) is 2. The number of benzene rings is 2. The van der Waals surface area contributed by atoms with E-state index < -0.39 is 17.8 Å². The average molecular weight is 586 g/mol. The molecule has 0 aliphatic rings. The molecule has 2 aromatic carbocycles. The Labute approximate surface area is 211 Å². The van der Waals surface area contributed by atoms with Crippen molar-refractivity contribution in [1.29, 1.82) is 0 Å². The molecular formula is C24H30Br2N2O5. The highest BCUT2D eigenvalue weighted by atomic mass is 79.9. The number of amides is 2. The average Bonchev–Trinajstić information content (AvgIpc) is 2.72. The predicted octanol–water partition coefficient (Wildman–Crippen LogP) is 6.19. The topological polar surface area (TPSA) is 85.9 Å². The van der Waals surface area contributed by atoms with Crippen molar-refractivity contribution in [3.63, 3.8) is 0 Å². The second kappa shape index (κ2) is 13.4. The van der Waals surface area contributed by atoms with E-state index in [-0.39, 0.29) is 19.3 Å².